The van der Waals surface area contributed by atoms with Gasteiger partial charge in [0, 0.05) is 30.3 Å². The Hall–Kier alpha value is -3.53. The van der Waals surface area contributed by atoms with Crippen molar-refractivity contribution < 1.29 is 19.3 Å². The normalized spacial score (nSPS) is 14.0. The number of aryl methyl sites for hydroxylation is 3. The van der Waals surface area contributed by atoms with Gasteiger partial charge in [0.1, 0.15) is 12.2 Å². The smallest absolute Gasteiger partial charge is 0.113 e. The van der Waals surface area contributed by atoms with Crippen LogP contribution in [0.1, 0.15) is 47.7 Å². The van der Waals surface area contributed by atoms with Gasteiger partial charge in [-0.15, -0.1) is 34.4 Å². The number of aliphatic hydroxyl groups is 1. The molecule has 0 saturated heterocycles. The van der Waals surface area contributed by atoms with Crippen LogP contribution in [0.2, 0.25) is 0 Å². The van der Waals surface area contributed by atoms with E-state index in [4.69, 9.17) is 14.2 Å². The lowest BCUT2D eigenvalue weighted by Crippen LogP contribution is -2.50. The van der Waals surface area contributed by atoms with Crippen LogP contribution in [0.15, 0.2) is 144 Å². The molecule has 1 N–H and O–H groups in total. The molecule has 4 atom stereocenters. The molecule has 0 aliphatic carbocycles. The first-order valence-electron chi connectivity index (χ1n) is 17.4. The molecule has 0 radical (unpaired) electrons. The zero-order valence-corrected chi connectivity index (χ0v) is 31.8. The van der Waals surface area contributed by atoms with Gasteiger partial charge in [-0.05, 0) is 73.9 Å². The summed E-state index contributed by atoms with van der Waals surface area (Å²) in [6, 6.07) is 48.1. The summed E-state index contributed by atoms with van der Waals surface area (Å²) in [5.74, 6) is -0.0188. The highest BCUT2D eigenvalue weighted by Crippen LogP contribution is 2.46. The highest BCUT2D eigenvalue weighted by molar-refractivity contribution is 8.00. The van der Waals surface area contributed by atoms with E-state index in [-0.39, 0.29) is 17.8 Å². The number of thioether (sulfide) groups is 1. The van der Waals surface area contributed by atoms with Gasteiger partial charge >= 0.3 is 0 Å². The third-order valence-electron chi connectivity index (χ3n) is 8.75. The zero-order chi connectivity index (χ0) is 35.4. The molecule has 6 rings (SSSR count). The maximum atomic E-state index is 12.2. The van der Waals surface area contributed by atoms with Crippen LogP contribution in [0.5, 0.6) is 0 Å². The number of aliphatic hydroxyl groups excluding tert-OH is 1. The molecule has 0 aliphatic rings. The molecular formula is C44H46O4S3. The topological polar surface area (TPSA) is 47.9 Å². The summed E-state index contributed by atoms with van der Waals surface area (Å²) in [5.41, 5.74) is 4.36. The van der Waals surface area contributed by atoms with Gasteiger partial charge < -0.3 is 19.3 Å². The largest absolute Gasteiger partial charge is 0.388 e. The Morgan fingerprint density at radius 2 is 1.02 bits per heavy atom. The Labute approximate surface area is 315 Å². The first-order chi connectivity index (χ1) is 24.9. The van der Waals surface area contributed by atoms with Crippen molar-refractivity contribution in [3.8, 4) is 0 Å². The average Bonchev–Trinajstić information content (AvgIpc) is 3.79. The lowest BCUT2D eigenvalue weighted by molar-refractivity contribution is -0.148. The molecule has 0 aliphatic heterocycles. The number of rotatable bonds is 18. The van der Waals surface area contributed by atoms with Crippen molar-refractivity contribution in [1.82, 2.24) is 0 Å². The molecule has 0 saturated carbocycles. The van der Waals surface area contributed by atoms with Crippen LogP contribution in [-0.4, -0.2) is 35.3 Å². The second-order valence-electron chi connectivity index (χ2n) is 12.9. The second kappa shape index (κ2) is 18.8. The number of benzene rings is 4. The molecule has 6 aromatic rings. The summed E-state index contributed by atoms with van der Waals surface area (Å²) in [6.07, 6.45) is -2.21. The van der Waals surface area contributed by atoms with Crippen LogP contribution in [0.4, 0.5) is 0 Å². The lowest BCUT2D eigenvalue weighted by atomic mass is 9.92. The van der Waals surface area contributed by atoms with E-state index in [1.165, 1.54) is 25.1 Å². The fourth-order valence-electron chi connectivity index (χ4n) is 6.11. The van der Waals surface area contributed by atoms with Gasteiger partial charge in [0.15, 0.2) is 0 Å². The molecule has 51 heavy (non-hydrogen) atoms. The van der Waals surface area contributed by atoms with Crippen LogP contribution in [0, 0.1) is 20.8 Å². The van der Waals surface area contributed by atoms with E-state index < -0.39 is 18.3 Å². The maximum absolute atomic E-state index is 12.2. The van der Waals surface area contributed by atoms with E-state index in [0.717, 1.165) is 21.6 Å². The minimum absolute atomic E-state index is 0.0188. The van der Waals surface area contributed by atoms with Gasteiger partial charge in [0.2, 0.25) is 0 Å². The monoisotopic (exact) mass is 734 g/mol. The first-order valence-corrected chi connectivity index (χ1v) is 19.9. The molecular weight excluding hydrogens is 689 g/mol. The quantitative estimate of drug-likeness (QED) is 0.0891. The van der Waals surface area contributed by atoms with Gasteiger partial charge in [0.25, 0.3) is 0 Å². The fraction of sp³-hybridized carbons (Fsp3) is 0.273. The van der Waals surface area contributed by atoms with Gasteiger partial charge in [0.05, 0.1) is 37.8 Å². The molecule has 0 bridgehead atoms. The molecule has 7 heteroatoms. The van der Waals surface area contributed by atoms with E-state index in [1.807, 2.05) is 89.4 Å². The van der Waals surface area contributed by atoms with Crippen molar-refractivity contribution in [2.24, 2.45) is 0 Å². The van der Waals surface area contributed by atoms with Crippen LogP contribution in [0.3, 0.4) is 0 Å². The van der Waals surface area contributed by atoms with Gasteiger partial charge in [-0.3, -0.25) is 0 Å². The average molecular weight is 735 g/mol. The van der Waals surface area contributed by atoms with Gasteiger partial charge in [-0.25, -0.2) is 0 Å². The first kappa shape index (κ1) is 37.2. The van der Waals surface area contributed by atoms with E-state index in [0.29, 0.717) is 19.8 Å². The summed E-state index contributed by atoms with van der Waals surface area (Å²) in [7, 11) is 0. The zero-order valence-electron chi connectivity index (χ0n) is 29.4. The second-order valence-corrected chi connectivity index (χ2v) is 16.8. The van der Waals surface area contributed by atoms with Crippen LogP contribution >= 0.6 is 34.4 Å². The minimum Gasteiger partial charge on any atom is -0.388 e. The van der Waals surface area contributed by atoms with Crippen LogP contribution < -0.4 is 0 Å². The van der Waals surface area contributed by atoms with E-state index in [9.17, 15) is 5.11 Å². The van der Waals surface area contributed by atoms with Crippen molar-refractivity contribution in [1.29, 1.82) is 0 Å². The van der Waals surface area contributed by atoms with Gasteiger partial charge in [-0.2, -0.15) is 0 Å². The van der Waals surface area contributed by atoms with Crippen LogP contribution in [0.25, 0.3) is 0 Å². The predicted molar refractivity (Wildman–Crippen MR) is 213 cm³/mol. The van der Waals surface area contributed by atoms with Crippen molar-refractivity contribution in [3.05, 3.63) is 181 Å². The molecule has 0 spiro atoms. The number of hydrogen-bond acceptors (Lipinski definition) is 7. The van der Waals surface area contributed by atoms with E-state index in [1.54, 1.807) is 11.8 Å². The summed E-state index contributed by atoms with van der Waals surface area (Å²) in [6.45, 7) is 7.64. The molecule has 4 nitrogen and oxygen atoms in total. The van der Waals surface area contributed by atoms with E-state index >= 15 is 0 Å². The number of thiophene rings is 2. The fourth-order valence-corrected chi connectivity index (χ4v) is 9.85. The highest BCUT2D eigenvalue weighted by atomic mass is 32.2. The van der Waals surface area contributed by atoms with E-state index in [2.05, 4.69) is 93.6 Å². The molecule has 2 heterocycles. The van der Waals surface area contributed by atoms with Crippen molar-refractivity contribution in [2.75, 3.05) is 6.61 Å². The Morgan fingerprint density at radius 1 is 0.549 bits per heavy atom. The third-order valence-corrected chi connectivity index (χ3v) is 12.3. The molecule has 4 aromatic carbocycles. The Balaban J connectivity index is 1.43. The van der Waals surface area contributed by atoms with Gasteiger partial charge in [-0.1, -0.05) is 109 Å². The summed E-state index contributed by atoms with van der Waals surface area (Å²) >= 11 is 5.45. The summed E-state index contributed by atoms with van der Waals surface area (Å²) < 4.78 is 20.1. The number of ether oxygens (including phenoxy) is 3. The SMILES string of the molecule is Cc1ccc(S[C@@H](C(c2ccc(C)s2)c2ccc(C)s2)[C@H](OCc2ccccc2)[C@H](OCc2ccccc2)[C@@H](O)COCc2ccccc2)cc1. The standard InChI is InChI=1S/C44H46O4S3/c1-31-19-23-37(24-20-31)51-44(41(39-25-21-32(2)49-39)40-26-22-33(3)50-40)43(48-29-36-17-11-6-12-18-36)42(47-28-35-15-9-5-10-16-35)38(45)30-46-27-34-13-7-4-8-14-34/h4-26,38,41-45H,27-30H2,1-3H3/t38-,42+,43+,44-/m0/s1. The molecule has 0 amide bonds. The lowest BCUT2D eigenvalue weighted by Gasteiger charge is -2.39. The molecule has 0 fully saturated rings. The molecule has 0 unspecified atom stereocenters. The molecule has 264 valence electrons. The molecule has 2 aromatic heterocycles. The summed E-state index contributed by atoms with van der Waals surface area (Å²) in [4.78, 5) is 6.19. The van der Waals surface area contributed by atoms with Crippen LogP contribution in [-0.2, 0) is 34.0 Å². The Bertz CT molecular complexity index is 1830. The number of hydrogen-bond donors (Lipinski definition) is 1. The maximum Gasteiger partial charge on any atom is 0.113 e. The van der Waals surface area contributed by atoms with Crippen molar-refractivity contribution >= 4 is 34.4 Å². The minimum atomic E-state index is -0.963. The highest BCUT2D eigenvalue weighted by Gasteiger charge is 2.43. The Morgan fingerprint density at radius 3 is 1.49 bits per heavy atom. The summed E-state index contributed by atoms with van der Waals surface area (Å²) in [5, 5.41) is 12.0. The Kier molecular flexibility index (Phi) is 13.7. The third kappa shape index (κ3) is 10.7. The van der Waals surface area contributed by atoms with Crippen molar-refractivity contribution in [3.63, 3.8) is 0 Å². The predicted octanol–water partition coefficient (Wildman–Crippen LogP) is 10.8. The van der Waals surface area contributed by atoms with Crippen molar-refractivity contribution in [2.45, 2.75) is 75.0 Å².